The van der Waals surface area contributed by atoms with E-state index >= 15 is 0 Å². The number of thioether (sulfide) groups is 1. The van der Waals surface area contributed by atoms with Crippen LogP contribution >= 0.6 is 11.8 Å². The number of carbonyl (C=O) groups is 1. The Balaban J connectivity index is 1.82. The topological polar surface area (TPSA) is 96.1 Å². The van der Waals surface area contributed by atoms with E-state index in [9.17, 15) is 9.18 Å². The van der Waals surface area contributed by atoms with Gasteiger partial charge < -0.3 is 15.0 Å². The van der Waals surface area contributed by atoms with E-state index in [0.29, 0.717) is 49.6 Å². The lowest BCUT2D eigenvalue weighted by atomic mass is 10.3. The molecular formula is C17H19FN6O2S. The molecule has 3 rings (SSSR count). The van der Waals surface area contributed by atoms with Crippen LogP contribution in [0.15, 0.2) is 29.4 Å². The number of amides is 1. The first kappa shape index (κ1) is 19.1. The van der Waals surface area contributed by atoms with Gasteiger partial charge in [-0.25, -0.2) is 4.39 Å². The average molecular weight is 390 g/mol. The number of carbonyl (C=O) groups excluding carboxylic acids is 1. The van der Waals surface area contributed by atoms with Crippen LogP contribution < -0.4 is 10.2 Å². The third-order valence-electron chi connectivity index (χ3n) is 3.87. The fourth-order valence-electron chi connectivity index (χ4n) is 2.60. The molecule has 10 heteroatoms. The largest absolute Gasteiger partial charge is 0.378 e. The first-order chi connectivity index (χ1) is 13.2. The maximum absolute atomic E-state index is 13.8. The summed E-state index contributed by atoms with van der Waals surface area (Å²) in [4.78, 5) is 13.9. The van der Waals surface area contributed by atoms with Crippen LogP contribution in [0.5, 0.6) is 0 Å². The van der Waals surface area contributed by atoms with Gasteiger partial charge in [0.1, 0.15) is 5.82 Å². The van der Waals surface area contributed by atoms with E-state index in [2.05, 4.69) is 15.5 Å². The Labute approximate surface area is 160 Å². The molecule has 142 valence electrons. The molecule has 8 nitrogen and oxygen atoms in total. The highest BCUT2D eigenvalue weighted by atomic mass is 32.2. The first-order valence-electron chi connectivity index (χ1n) is 8.49. The predicted octanol–water partition coefficient (Wildman–Crippen LogP) is 1.36. The Morgan fingerprint density at radius 1 is 1.37 bits per heavy atom. The summed E-state index contributed by atoms with van der Waals surface area (Å²) in [5, 5.41) is 20.2. The molecule has 1 fully saturated rings. The number of nitrogens with one attached hydrogen (secondary N) is 1. The van der Waals surface area contributed by atoms with Crippen LogP contribution in [-0.4, -0.2) is 59.3 Å². The summed E-state index contributed by atoms with van der Waals surface area (Å²) < 4.78 is 20.9. The first-order valence-corrected chi connectivity index (χ1v) is 9.48. The minimum atomic E-state index is -0.362. The Morgan fingerprint density at radius 2 is 2.19 bits per heavy atom. The summed E-state index contributed by atoms with van der Waals surface area (Å²) in [5.74, 6) is 0.162. The van der Waals surface area contributed by atoms with Crippen LogP contribution in [0.2, 0.25) is 0 Å². The number of hydrogen-bond acceptors (Lipinski definition) is 7. The fourth-order valence-corrected chi connectivity index (χ4v) is 3.38. The number of rotatable bonds is 7. The summed E-state index contributed by atoms with van der Waals surface area (Å²) in [6.45, 7) is 2.80. The van der Waals surface area contributed by atoms with Gasteiger partial charge in [-0.1, -0.05) is 17.8 Å². The molecule has 1 N–H and O–H groups in total. The number of anilines is 1. The van der Waals surface area contributed by atoms with Gasteiger partial charge in [0, 0.05) is 19.6 Å². The summed E-state index contributed by atoms with van der Waals surface area (Å²) in [6, 6.07) is 8.15. The van der Waals surface area contributed by atoms with Crippen molar-refractivity contribution < 1.29 is 13.9 Å². The number of morpholine rings is 1. The molecule has 0 aliphatic carbocycles. The number of aromatic nitrogens is 3. The van der Waals surface area contributed by atoms with Crippen LogP contribution in [0.25, 0.3) is 5.69 Å². The Hall–Kier alpha value is -2.64. The number of nitrogens with zero attached hydrogens (tertiary/aromatic N) is 5. The molecule has 2 aromatic rings. The molecule has 1 aromatic heterocycles. The second-order valence-corrected chi connectivity index (χ2v) is 6.69. The Bertz CT molecular complexity index is 831. The van der Waals surface area contributed by atoms with Crippen molar-refractivity contribution in [3.63, 3.8) is 0 Å². The average Bonchev–Trinajstić information content (AvgIpc) is 3.11. The monoisotopic (exact) mass is 390 g/mol. The number of nitriles is 1. The van der Waals surface area contributed by atoms with Crippen LogP contribution in [0, 0.1) is 17.1 Å². The van der Waals surface area contributed by atoms with Gasteiger partial charge in [0.15, 0.2) is 5.16 Å². The lowest BCUT2D eigenvalue weighted by Crippen LogP contribution is -2.37. The van der Waals surface area contributed by atoms with Crippen molar-refractivity contribution in [2.75, 3.05) is 43.5 Å². The van der Waals surface area contributed by atoms with Gasteiger partial charge in [-0.3, -0.25) is 9.36 Å². The van der Waals surface area contributed by atoms with Crippen molar-refractivity contribution in [3.8, 4) is 11.8 Å². The van der Waals surface area contributed by atoms with Crippen LogP contribution in [0.4, 0.5) is 10.3 Å². The van der Waals surface area contributed by atoms with E-state index < -0.39 is 0 Å². The molecule has 0 atom stereocenters. The third kappa shape index (κ3) is 4.96. The van der Waals surface area contributed by atoms with E-state index in [1.54, 1.807) is 16.7 Å². The second kappa shape index (κ2) is 9.34. The van der Waals surface area contributed by atoms with E-state index in [1.807, 2.05) is 11.0 Å². The lowest BCUT2D eigenvalue weighted by Gasteiger charge is -2.27. The van der Waals surface area contributed by atoms with Gasteiger partial charge in [-0.15, -0.1) is 10.2 Å². The molecule has 1 aliphatic heterocycles. The second-order valence-electron chi connectivity index (χ2n) is 5.74. The van der Waals surface area contributed by atoms with E-state index in [0.717, 1.165) is 0 Å². The lowest BCUT2D eigenvalue weighted by molar-refractivity contribution is -0.118. The molecular weight excluding hydrogens is 371 g/mol. The molecule has 1 aliphatic rings. The molecule has 0 saturated carbocycles. The van der Waals surface area contributed by atoms with Crippen molar-refractivity contribution >= 4 is 23.6 Å². The number of ether oxygens (including phenoxy) is 1. The molecule has 1 saturated heterocycles. The van der Waals surface area contributed by atoms with Gasteiger partial charge in [-0.2, -0.15) is 5.26 Å². The van der Waals surface area contributed by atoms with Gasteiger partial charge >= 0.3 is 0 Å². The van der Waals surface area contributed by atoms with Crippen LogP contribution in [-0.2, 0) is 9.53 Å². The molecule has 0 spiro atoms. The molecule has 2 heterocycles. The van der Waals surface area contributed by atoms with E-state index in [4.69, 9.17) is 10.00 Å². The highest BCUT2D eigenvalue weighted by molar-refractivity contribution is 7.99. The van der Waals surface area contributed by atoms with Crippen molar-refractivity contribution in [2.45, 2.75) is 11.6 Å². The maximum atomic E-state index is 13.8. The highest BCUT2D eigenvalue weighted by Gasteiger charge is 2.22. The zero-order valence-electron chi connectivity index (χ0n) is 14.6. The summed E-state index contributed by atoms with van der Waals surface area (Å²) in [7, 11) is 0. The van der Waals surface area contributed by atoms with Crippen molar-refractivity contribution in [1.82, 2.24) is 20.1 Å². The smallest absolute Gasteiger partial charge is 0.232 e. The quantitative estimate of drug-likeness (QED) is 0.563. The van der Waals surface area contributed by atoms with Crippen molar-refractivity contribution in [2.24, 2.45) is 0 Å². The summed E-state index contributed by atoms with van der Waals surface area (Å²) >= 11 is 1.21. The normalized spacial score (nSPS) is 14.0. The van der Waals surface area contributed by atoms with Crippen molar-refractivity contribution in [3.05, 3.63) is 30.1 Å². The standard InChI is InChI=1S/C17H19FN6O2S/c18-13-3-1-4-14(11-13)24-16(23-7-9-26-10-8-23)21-22-17(24)27-12-15(25)20-6-2-5-19/h1,3-4,11H,2,6-10,12H2,(H,20,25). The number of halogens is 1. The zero-order chi connectivity index (χ0) is 19.1. The molecule has 0 radical (unpaired) electrons. The Kier molecular flexibility index (Phi) is 6.62. The fraction of sp³-hybridized carbons (Fsp3) is 0.412. The summed E-state index contributed by atoms with van der Waals surface area (Å²) in [5.41, 5.74) is 0.592. The SMILES string of the molecule is N#CCCNC(=O)CSc1nnc(N2CCOCC2)n1-c1cccc(F)c1. The van der Waals surface area contributed by atoms with Crippen LogP contribution in [0.3, 0.4) is 0 Å². The molecule has 0 unspecified atom stereocenters. The van der Waals surface area contributed by atoms with Gasteiger partial charge in [-0.05, 0) is 18.2 Å². The third-order valence-corrected chi connectivity index (χ3v) is 4.80. The zero-order valence-corrected chi connectivity index (χ0v) is 15.4. The number of benzene rings is 1. The van der Waals surface area contributed by atoms with Gasteiger partial charge in [0.2, 0.25) is 11.9 Å². The molecule has 1 aromatic carbocycles. The summed E-state index contributed by atoms with van der Waals surface area (Å²) in [6.07, 6.45) is 0.261. The highest BCUT2D eigenvalue weighted by Crippen LogP contribution is 2.27. The van der Waals surface area contributed by atoms with Gasteiger partial charge in [0.05, 0.1) is 37.1 Å². The van der Waals surface area contributed by atoms with E-state index in [1.165, 1.54) is 23.9 Å². The van der Waals surface area contributed by atoms with E-state index in [-0.39, 0.29) is 23.9 Å². The predicted molar refractivity (Wildman–Crippen MR) is 98.3 cm³/mol. The van der Waals surface area contributed by atoms with Crippen molar-refractivity contribution in [1.29, 1.82) is 5.26 Å². The molecule has 1 amide bonds. The molecule has 27 heavy (non-hydrogen) atoms. The molecule has 0 bridgehead atoms. The minimum absolute atomic E-state index is 0.127. The Morgan fingerprint density at radius 3 is 2.93 bits per heavy atom. The maximum Gasteiger partial charge on any atom is 0.232 e. The van der Waals surface area contributed by atoms with Crippen LogP contribution in [0.1, 0.15) is 6.42 Å². The van der Waals surface area contributed by atoms with Gasteiger partial charge in [0.25, 0.3) is 0 Å². The number of hydrogen-bond donors (Lipinski definition) is 1. The minimum Gasteiger partial charge on any atom is -0.378 e.